The average Bonchev–Trinajstić information content (AvgIpc) is 2.18. The smallest absolute Gasteiger partial charge is 0.225 e. The largest absolute Gasteiger partial charge is 0.356 e. The summed E-state index contributed by atoms with van der Waals surface area (Å²) in [4.78, 5) is 23.0. The van der Waals surface area contributed by atoms with Crippen LogP contribution in [-0.2, 0) is 9.59 Å². The van der Waals surface area contributed by atoms with Crippen LogP contribution < -0.4 is 16.4 Å². The van der Waals surface area contributed by atoms with Crippen molar-refractivity contribution < 1.29 is 9.59 Å². The normalized spacial score (nSPS) is 12.1. The Morgan fingerprint density at radius 3 is 2.06 bits per heavy atom. The maximum absolute atomic E-state index is 11.5. The van der Waals surface area contributed by atoms with E-state index < -0.39 is 5.54 Å². The third-order valence-corrected chi connectivity index (χ3v) is 2.29. The van der Waals surface area contributed by atoms with Gasteiger partial charge in [0.2, 0.25) is 11.8 Å². The van der Waals surface area contributed by atoms with E-state index in [9.17, 15) is 9.59 Å². The summed E-state index contributed by atoms with van der Waals surface area (Å²) in [5, 5.41) is 5.57. The van der Waals surface area contributed by atoms with Gasteiger partial charge in [-0.25, -0.2) is 0 Å². The van der Waals surface area contributed by atoms with Gasteiger partial charge in [0.1, 0.15) is 0 Å². The van der Waals surface area contributed by atoms with E-state index in [0.717, 1.165) is 0 Å². The van der Waals surface area contributed by atoms with Crippen LogP contribution in [0.2, 0.25) is 0 Å². The molecule has 0 atom stereocenters. The molecule has 0 aliphatic carbocycles. The van der Waals surface area contributed by atoms with Crippen molar-refractivity contribution in [2.75, 3.05) is 13.1 Å². The summed E-state index contributed by atoms with van der Waals surface area (Å²) in [6, 6.07) is 0. The molecule has 0 radical (unpaired) electrons. The number of nitrogens with one attached hydrogen (secondary N) is 2. The molecule has 106 valence electrons. The Kier molecular flexibility index (Phi) is 6.32. The Labute approximate surface area is 110 Å². The van der Waals surface area contributed by atoms with Crippen molar-refractivity contribution in [1.29, 1.82) is 0 Å². The number of carbonyl (C=O) groups is 2. The zero-order chi connectivity index (χ0) is 14.4. The topological polar surface area (TPSA) is 84.2 Å². The summed E-state index contributed by atoms with van der Waals surface area (Å²) in [6.45, 7) is 10.3. The van der Waals surface area contributed by atoms with E-state index in [1.54, 1.807) is 0 Å². The first kappa shape index (κ1) is 16.9. The van der Waals surface area contributed by atoms with Crippen LogP contribution in [0.5, 0.6) is 0 Å². The first-order valence-corrected chi connectivity index (χ1v) is 6.36. The molecule has 5 heteroatoms. The van der Waals surface area contributed by atoms with Crippen LogP contribution in [-0.4, -0.2) is 30.4 Å². The molecule has 0 aromatic rings. The standard InChI is InChI=1S/C13H27N3O2/c1-12(2,3)11(18)15-8-6-7-10(17)16-9-13(4,5)14/h6-9,14H2,1-5H3,(H,15,18)(H,16,17). The lowest BCUT2D eigenvalue weighted by Gasteiger charge is -2.19. The summed E-state index contributed by atoms with van der Waals surface area (Å²) < 4.78 is 0. The fourth-order valence-corrected chi connectivity index (χ4v) is 1.13. The predicted octanol–water partition coefficient (Wildman–Crippen LogP) is 0.782. The van der Waals surface area contributed by atoms with Crippen LogP contribution in [0.1, 0.15) is 47.5 Å². The number of hydrogen-bond acceptors (Lipinski definition) is 3. The van der Waals surface area contributed by atoms with E-state index in [0.29, 0.717) is 25.9 Å². The minimum absolute atomic E-state index is 0.00556. The molecule has 0 bridgehead atoms. The molecule has 18 heavy (non-hydrogen) atoms. The molecule has 2 amide bonds. The lowest BCUT2D eigenvalue weighted by atomic mass is 9.96. The van der Waals surface area contributed by atoms with E-state index in [-0.39, 0.29) is 17.2 Å². The predicted molar refractivity (Wildman–Crippen MR) is 73.0 cm³/mol. The number of hydrogen-bond donors (Lipinski definition) is 3. The fourth-order valence-electron chi connectivity index (χ4n) is 1.13. The first-order chi connectivity index (χ1) is 8.02. The third-order valence-electron chi connectivity index (χ3n) is 2.29. The van der Waals surface area contributed by atoms with Gasteiger partial charge >= 0.3 is 0 Å². The summed E-state index contributed by atoms with van der Waals surface area (Å²) >= 11 is 0. The minimum atomic E-state index is -0.393. The van der Waals surface area contributed by atoms with Gasteiger partial charge in [-0.15, -0.1) is 0 Å². The van der Waals surface area contributed by atoms with Gasteiger partial charge in [-0.2, -0.15) is 0 Å². The second kappa shape index (κ2) is 6.73. The molecule has 0 heterocycles. The molecule has 0 unspecified atom stereocenters. The molecular weight excluding hydrogens is 230 g/mol. The van der Waals surface area contributed by atoms with Crippen molar-refractivity contribution in [2.24, 2.45) is 11.1 Å². The minimum Gasteiger partial charge on any atom is -0.356 e. The lowest BCUT2D eigenvalue weighted by Crippen LogP contribution is -2.45. The van der Waals surface area contributed by atoms with Crippen LogP contribution >= 0.6 is 0 Å². The van der Waals surface area contributed by atoms with Crippen molar-refractivity contribution in [3.8, 4) is 0 Å². The van der Waals surface area contributed by atoms with E-state index in [4.69, 9.17) is 5.73 Å². The molecule has 0 rings (SSSR count). The SMILES string of the molecule is CC(C)(N)CNC(=O)CCCNC(=O)C(C)(C)C. The van der Waals surface area contributed by atoms with E-state index in [2.05, 4.69) is 10.6 Å². The summed E-state index contributed by atoms with van der Waals surface area (Å²) in [7, 11) is 0. The maximum atomic E-state index is 11.5. The van der Waals surface area contributed by atoms with Gasteiger partial charge < -0.3 is 16.4 Å². The zero-order valence-corrected chi connectivity index (χ0v) is 12.2. The van der Waals surface area contributed by atoms with Crippen LogP contribution in [0.3, 0.4) is 0 Å². The number of rotatable bonds is 6. The molecule has 0 saturated heterocycles. The summed E-state index contributed by atoms with van der Waals surface area (Å²) in [6.07, 6.45) is 1.04. The zero-order valence-electron chi connectivity index (χ0n) is 12.2. The molecule has 0 spiro atoms. The molecule has 4 N–H and O–H groups in total. The van der Waals surface area contributed by atoms with E-state index in [1.165, 1.54) is 0 Å². The molecule has 0 saturated carbocycles. The van der Waals surface area contributed by atoms with Crippen molar-refractivity contribution in [3.05, 3.63) is 0 Å². The molecule has 5 nitrogen and oxygen atoms in total. The number of nitrogens with two attached hydrogens (primary N) is 1. The van der Waals surface area contributed by atoms with Crippen molar-refractivity contribution in [3.63, 3.8) is 0 Å². The Morgan fingerprint density at radius 1 is 1.06 bits per heavy atom. The Hall–Kier alpha value is -1.10. The third kappa shape index (κ3) is 8.98. The highest BCUT2D eigenvalue weighted by molar-refractivity contribution is 5.81. The monoisotopic (exact) mass is 257 g/mol. The van der Waals surface area contributed by atoms with Crippen molar-refractivity contribution >= 4 is 11.8 Å². The van der Waals surface area contributed by atoms with Gasteiger partial charge in [0.15, 0.2) is 0 Å². The molecule has 0 aliphatic rings. The van der Waals surface area contributed by atoms with E-state index >= 15 is 0 Å². The Bertz CT molecular complexity index is 288. The highest BCUT2D eigenvalue weighted by Crippen LogP contribution is 2.12. The van der Waals surface area contributed by atoms with Crippen molar-refractivity contribution in [1.82, 2.24) is 10.6 Å². The van der Waals surface area contributed by atoms with Crippen LogP contribution in [0.15, 0.2) is 0 Å². The Morgan fingerprint density at radius 2 is 1.61 bits per heavy atom. The number of amides is 2. The van der Waals surface area contributed by atoms with Gasteiger partial charge in [0.25, 0.3) is 0 Å². The molecule has 0 aliphatic heterocycles. The van der Waals surface area contributed by atoms with Gasteiger partial charge in [-0.05, 0) is 20.3 Å². The maximum Gasteiger partial charge on any atom is 0.225 e. The van der Waals surface area contributed by atoms with Gasteiger partial charge in [0, 0.05) is 30.5 Å². The molecule has 0 aromatic heterocycles. The highest BCUT2D eigenvalue weighted by atomic mass is 16.2. The lowest BCUT2D eigenvalue weighted by molar-refractivity contribution is -0.128. The van der Waals surface area contributed by atoms with Crippen molar-refractivity contribution in [2.45, 2.75) is 53.0 Å². The molecule has 0 aromatic carbocycles. The second-order valence-corrected chi connectivity index (χ2v) is 6.37. The highest BCUT2D eigenvalue weighted by Gasteiger charge is 2.20. The first-order valence-electron chi connectivity index (χ1n) is 6.36. The van der Waals surface area contributed by atoms with E-state index in [1.807, 2.05) is 34.6 Å². The molecule has 0 fully saturated rings. The second-order valence-electron chi connectivity index (χ2n) is 6.37. The van der Waals surface area contributed by atoms with Crippen LogP contribution in [0.25, 0.3) is 0 Å². The summed E-state index contributed by atoms with van der Waals surface area (Å²) in [5.41, 5.74) is 4.98. The van der Waals surface area contributed by atoms with Crippen LogP contribution in [0.4, 0.5) is 0 Å². The fraction of sp³-hybridized carbons (Fsp3) is 0.846. The summed E-state index contributed by atoms with van der Waals surface area (Å²) in [5.74, 6) is -0.0236. The Balaban J connectivity index is 3.68. The van der Waals surface area contributed by atoms with Gasteiger partial charge in [0.05, 0.1) is 0 Å². The quantitative estimate of drug-likeness (QED) is 0.615. The molecular formula is C13H27N3O2. The van der Waals surface area contributed by atoms with Gasteiger partial charge in [-0.3, -0.25) is 9.59 Å². The van der Waals surface area contributed by atoms with Crippen LogP contribution in [0, 0.1) is 5.41 Å². The van der Waals surface area contributed by atoms with Gasteiger partial charge in [-0.1, -0.05) is 20.8 Å². The number of carbonyl (C=O) groups excluding carboxylic acids is 2. The average molecular weight is 257 g/mol.